The van der Waals surface area contributed by atoms with Gasteiger partial charge < -0.3 is 20.4 Å². The van der Waals surface area contributed by atoms with Crippen LogP contribution in [0.5, 0.6) is 5.75 Å². The maximum atomic E-state index is 13.6. The molecule has 0 aliphatic heterocycles. The van der Waals surface area contributed by atoms with Gasteiger partial charge in [0.25, 0.3) is 9.84 Å². The Morgan fingerprint density at radius 2 is 1.63 bits per heavy atom. The normalized spacial score (nSPS) is 12.7. The molecule has 2 heterocycles. The Morgan fingerprint density at radius 3 is 2.13 bits per heavy atom. The maximum absolute atomic E-state index is 13.6. The van der Waals surface area contributed by atoms with E-state index in [0.717, 1.165) is 0 Å². The summed E-state index contributed by atoms with van der Waals surface area (Å²) in [5.41, 5.74) is -2.38. The molecular weight excluding hydrogens is 588 g/mol. The minimum Gasteiger partial charge on any atom is -0.497 e. The Labute approximate surface area is 219 Å². The number of alkyl halides is 6. The number of nitrogens with two attached hydrogens (primary N) is 1. The molecule has 0 radical (unpaired) electrons. The molecule has 0 bridgehead atoms. The zero-order valence-corrected chi connectivity index (χ0v) is 20.9. The number of aromatic amines is 1. The third kappa shape index (κ3) is 4.80. The van der Waals surface area contributed by atoms with Crippen LogP contribution >= 0.6 is 23.2 Å². The quantitative estimate of drug-likeness (QED) is 0.313. The van der Waals surface area contributed by atoms with Gasteiger partial charge in [0.1, 0.15) is 40.3 Å². The van der Waals surface area contributed by atoms with Crippen LogP contribution in [0, 0.1) is 0 Å². The van der Waals surface area contributed by atoms with Crippen LogP contribution in [-0.4, -0.2) is 52.4 Å². The summed E-state index contributed by atoms with van der Waals surface area (Å²) in [6.45, 7) is -0.957. The zero-order chi connectivity index (χ0) is 28.2. The van der Waals surface area contributed by atoms with Gasteiger partial charge in [-0.3, -0.25) is 0 Å². The number of nitrogens with one attached hydrogen (secondary N) is 1. The fourth-order valence-corrected chi connectivity index (χ4v) is 5.02. The average Bonchev–Trinajstić information content (AvgIpc) is 3.43. The van der Waals surface area contributed by atoms with Crippen LogP contribution in [-0.2, 0) is 16.0 Å². The van der Waals surface area contributed by atoms with Gasteiger partial charge in [-0.15, -0.1) is 0 Å². The van der Waals surface area contributed by atoms with E-state index in [2.05, 4.69) is 20.1 Å². The second-order valence-electron chi connectivity index (χ2n) is 7.58. The smallest absolute Gasteiger partial charge is 0.497 e. The first-order valence-electron chi connectivity index (χ1n) is 10.0. The van der Waals surface area contributed by atoms with Crippen molar-refractivity contribution in [2.75, 3.05) is 12.8 Å². The molecule has 0 unspecified atom stereocenters. The SMILES string of the molecule is COc1ccc(-[b-]2nc(-c3nn(-c4c(Cl)cc(C(F)(F)F)cc4Cl)c(N)c3S(=O)(=O)C(F)(F)F)n[nH]2)cc1. The number of sulfone groups is 1. The minimum atomic E-state index is -6.17. The molecule has 4 rings (SSSR count). The summed E-state index contributed by atoms with van der Waals surface area (Å²) in [4.78, 5) is 2.57. The van der Waals surface area contributed by atoms with Gasteiger partial charge in [-0.2, -0.15) is 36.9 Å². The van der Waals surface area contributed by atoms with Gasteiger partial charge in [0.2, 0.25) is 0 Å². The van der Waals surface area contributed by atoms with Crippen LogP contribution in [0.15, 0.2) is 41.3 Å². The highest BCUT2D eigenvalue weighted by Crippen LogP contribution is 2.43. The molecule has 0 spiro atoms. The van der Waals surface area contributed by atoms with Gasteiger partial charge in [-0.1, -0.05) is 35.3 Å². The van der Waals surface area contributed by atoms with Crippen molar-refractivity contribution >= 4 is 45.5 Å². The Kier molecular flexibility index (Phi) is 6.90. The molecule has 0 atom stereocenters. The number of ether oxygens (including phenoxy) is 1. The monoisotopic (exact) mass is 599 g/mol. The Morgan fingerprint density at radius 1 is 1.05 bits per heavy atom. The Hall–Kier alpha value is -3.31. The van der Waals surface area contributed by atoms with Crippen LogP contribution in [0.25, 0.3) is 22.7 Å². The van der Waals surface area contributed by atoms with Crippen LogP contribution in [0.4, 0.5) is 32.2 Å². The Balaban J connectivity index is 1.95. The summed E-state index contributed by atoms with van der Waals surface area (Å²) in [6.07, 6.45) is -4.86. The van der Waals surface area contributed by atoms with E-state index in [1.54, 1.807) is 24.3 Å². The summed E-state index contributed by atoms with van der Waals surface area (Å²) < 4.78 is 110. The largest absolute Gasteiger partial charge is 0.502 e. The van der Waals surface area contributed by atoms with Gasteiger partial charge in [0, 0.05) is 0 Å². The molecule has 0 saturated heterocycles. The van der Waals surface area contributed by atoms with Crippen LogP contribution in [0.2, 0.25) is 10.0 Å². The lowest BCUT2D eigenvalue weighted by molar-refractivity contribution is -0.137. The highest BCUT2D eigenvalue weighted by molar-refractivity contribution is 7.92. The van der Waals surface area contributed by atoms with Crippen molar-refractivity contribution in [2.24, 2.45) is 0 Å². The van der Waals surface area contributed by atoms with E-state index in [1.807, 2.05) is 0 Å². The highest BCUT2D eigenvalue weighted by atomic mass is 35.5. The number of anilines is 1. The number of H-pyrrole nitrogens is 1. The van der Waals surface area contributed by atoms with Crippen molar-refractivity contribution in [3.63, 3.8) is 0 Å². The van der Waals surface area contributed by atoms with Gasteiger partial charge in [-0.25, -0.2) is 18.2 Å². The molecule has 0 fully saturated rings. The number of benzene rings is 2. The van der Waals surface area contributed by atoms with Gasteiger partial charge in [0.05, 0.1) is 22.7 Å². The molecule has 0 saturated carbocycles. The first kappa shape index (κ1) is 27.7. The Bertz CT molecular complexity index is 1620. The van der Waals surface area contributed by atoms with Crippen molar-refractivity contribution < 1.29 is 39.5 Å². The fraction of sp³-hybridized carbons (Fsp3) is 0.158. The van der Waals surface area contributed by atoms with E-state index >= 15 is 0 Å². The van der Waals surface area contributed by atoms with E-state index in [-0.39, 0.29) is 0 Å². The lowest BCUT2D eigenvalue weighted by Crippen LogP contribution is -2.24. The summed E-state index contributed by atoms with van der Waals surface area (Å²) in [6, 6.07) is 7.15. The van der Waals surface area contributed by atoms with Crippen LogP contribution in [0.1, 0.15) is 5.56 Å². The van der Waals surface area contributed by atoms with Crippen LogP contribution < -0.4 is 10.5 Å². The standard InChI is InChI=1S/C19H12BCl2F6N6O3S/c1-37-10-4-2-9(3-5-10)20-30-17(31-33-20)13-15(38(35,36)19(26,27)28)16(29)34(32-13)14-11(21)6-8(7-12(14)22)18(23,24)25/h2-7,33H,29H2,1H3/q-1. The molecule has 2 aromatic carbocycles. The molecule has 4 aromatic rings. The van der Waals surface area contributed by atoms with Crippen molar-refractivity contribution in [2.45, 2.75) is 16.6 Å². The number of rotatable bonds is 5. The summed E-state index contributed by atoms with van der Waals surface area (Å²) in [5, 5.41) is 8.67. The van der Waals surface area contributed by atoms with E-state index in [0.29, 0.717) is 28.0 Å². The lowest BCUT2D eigenvalue weighted by Gasteiger charge is -2.13. The second-order valence-corrected chi connectivity index (χ2v) is 10.3. The van der Waals surface area contributed by atoms with Crippen LogP contribution in [0.3, 0.4) is 0 Å². The van der Waals surface area contributed by atoms with Crippen molar-refractivity contribution in [1.29, 1.82) is 0 Å². The van der Waals surface area contributed by atoms with Crippen molar-refractivity contribution in [3.05, 3.63) is 52.0 Å². The summed E-state index contributed by atoms with van der Waals surface area (Å²) >= 11 is 11.9. The van der Waals surface area contributed by atoms with E-state index < -0.39 is 71.7 Å². The minimum absolute atomic E-state index is 0.386. The topological polar surface area (TPSA) is 129 Å². The molecule has 0 aliphatic rings. The van der Waals surface area contributed by atoms with Crippen molar-refractivity contribution in [3.8, 4) is 28.4 Å². The third-order valence-corrected chi connectivity index (χ3v) is 7.32. The molecule has 38 heavy (non-hydrogen) atoms. The number of methoxy groups -OCH3 is 1. The number of hydrogen-bond acceptors (Lipinski definition) is 7. The van der Waals surface area contributed by atoms with Crippen molar-refractivity contribution in [1.82, 2.24) is 24.8 Å². The molecular formula is C19H12BCl2F6N6O3S-. The zero-order valence-electron chi connectivity index (χ0n) is 18.6. The van der Waals surface area contributed by atoms with Gasteiger partial charge in [-0.05, 0) is 24.3 Å². The second kappa shape index (κ2) is 9.46. The number of aromatic nitrogens is 5. The summed E-state index contributed by atoms with van der Waals surface area (Å²) in [5.74, 6) is -1.21. The van der Waals surface area contributed by atoms with E-state index in [4.69, 9.17) is 33.7 Å². The predicted octanol–water partition coefficient (Wildman–Crippen LogP) is 4.88. The molecule has 0 aliphatic carbocycles. The van der Waals surface area contributed by atoms with Gasteiger partial charge >= 0.3 is 11.7 Å². The number of nitrogens with zero attached hydrogens (tertiary/aromatic N) is 4. The molecule has 0 amide bonds. The van der Waals surface area contributed by atoms with E-state index in [1.165, 1.54) is 7.11 Å². The number of halogens is 8. The fourth-order valence-electron chi connectivity index (χ4n) is 3.40. The molecule has 3 N–H and O–H groups in total. The number of nitrogen functional groups attached to an aromatic ring is 1. The summed E-state index contributed by atoms with van der Waals surface area (Å²) in [7, 11) is -4.73. The third-order valence-electron chi connectivity index (χ3n) is 5.19. The maximum Gasteiger partial charge on any atom is 0.502 e. The lowest BCUT2D eigenvalue weighted by atomic mass is 9.80. The first-order valence-corrected chi connectivity index (χ1v) is 12.2. The molecule has 202 valence electrons. The first-order chi connectivity index (χ1) is 17.6. The predicted molar refractivity (Wildman–Crippen MR) is 125 cm³/mol. The van der Waals surface area contributed by atoms with E-state index in [9.17, 15) is 34.8 Å². The van der Waals surface area contributed by atoms with Gasteiger partial charge in [0.15, 0.2) is 0 Å². The molecule has 19 heteroatoms. The highest BCUT2D eigenvalue weighted by Gasteiger charge is 2.51. The average molecular weight is 600 g/mol. The number of hydrogen-bond donors (Lipinski definition) is 2. The molecule has 2 aromatic heterocycles. The molecule has 9 nitrogen and oxygen atoms in total.